The van der Waals surface area contributed by atoms with Crippen molar-refractivity contribution in [2.75, 3.05) is 6.54 Å². The first-order chi connectivity index (χ1) is 12.1. The second-order valence-electron chi connectivity index (χ2n) is 6.12. The number of hydrogen-bond donors (Lipinski definition) is 3. The zero-order valence-electron chi connectivity index (χ0n) is 14.2. The molecule has 1 heterocycles. The molecular formula is C21H23NO3. The van der Waals surface area contributed by atoms with Crippen LogP contribution in [0.5, 0.6) is 0 Å². The van der Waals surface area contributed by atoms with Crippen LogP contribution in [0.2, 0.25) is 0 Å². The SMILES string of the molecule is C[C@@H](O)c1ccc(-c2ccc(CNC[C@H](O)c3ccccc3)o2)cc1. The number of hydrogen-bond acceptors (Lipinski definition) is 4. The van der Waals surface area contributed by atoms with Gasteiger partial charge in [-0.1, -0.05) is 54.6 Å². The molecule has 0 spiro atoms. The van der Waals surface area contributed by atoms with Gasteiger partial charge in [0.15, 0.2) is 0 Å². The Kier molecular flexibility index (Phi) is 5.66. The van der Waals surface area contributed by atoms with Crippen LogP contribution in [0.1, 0.15) is 36.0 Å². The van der Waals surface area contributed by atoms with Crippen molar-refractivity contribution in [3.63, 3.8) is 0 Å². The molecular weight excluding hydrogens is 314 g/mol. The lowest BCUT2D eigenvalue weighted by Crippen LogP contribution is -2.20. The van der Waals surface area contributed by atoms with Crippen LogP contribution in [-0.4, -0.2) is 16.8 Å². The summed E-state index contributed by atoms with van der Waals surface area (Å²) in [6.07, 6.45) is -1.01. The van der Waals surface area contributed by atoms with Gasteiger partial charge in [0.05, 0.1) is 18.8 Å². The highest BCUT2D eigenvalue weighted by Gasteiger charge is 2.09. The van der Waals surface area contributed by atoms with Crippen LogP contribution in [0.25, 0.3) is 11.3 Å². The fourth-order valence-electron chi connectivity index (χ4n) is 2.68. The summed E-state index contributed by atoms with van der Waals surface area (Å²) in [6.45, 7) is 2.76. The number of furan rings is 1. The summed E-state index contributed by atoms with van der Waals surface area (Å²) >= 11 is 0. The Hall–Kier alpha value is -2.40. The molecule has 0 aliphatic rings. The van der Waals surface area contributed by atoms with E-state index in [1.165, 1.54) is 0 Å². The van der Waals surface area contributed by atoms with E-state index in [0.717, 1.165) is 28.2 Å². The molecule has 0 fully saturated rings. The fraction of sp³-hybridized carbons (Fsp3) is 0.238. The Morgan fingerprint density at radius 2 is 1.60 bits per heavy atom. The highest BCUT2D eigenvalue weighted by molar-refractivity contribution is 5.58. The molecule has 0 amide bonds. The standard InChI is InChI=1S/C21H23NO3/c1-15(23)16-7-9-18(10-8-16)21-12-11-19(25-21)13-22-14-20(24)17-5-3-2-4-6-17/h2-12,15,20,22-24H,13-14H2,1H3/t15-,20+/m1/s1. The van der Waals surface area contributed by atoms with Crippen LogP contribution in [0, 0.1) is 0 Å². The summed E-state index contributed by atoms with van der Waals surface area (Å²) in [7, 11) is 0. The van der Waals surface area contributed by atoms with Crippen molar-refractivity contribution in [2.24, 2.45) is 0 Å². The molecule has 130 valence electrons. The van der Waals surface area contributed by atoms with E-state index < -0.39 is 12.2 Å². The minimum absolute atomic E-state index is 0.461. The lowest BCUT2D eigenvalue weighted by Gasteiger charge is -2.11. The van der Waals surface area contributed by atoms with Gasteiger partial charge in [-0.05, 0) is 30.2 Å². The normalized spacial score (nSPS) is 13.6. The third kappa shape index (κ3) is 4.57. The molecule has 2 atom stereocenters. The van der Waals surface area contributed by atoms with Crippen molar-refractivity contribution in [3.8, 4) is 11.3 Å². The van der Waals surface area contributed by atoms with Gasteiger partial charge in [-0.3, -0.25) is 0 Å². The molecule has 4 nitrogen and oxygen atoms in total. The first kappa shape index (κ1) is 17.4. The maximum atomic E-state index is 10.1. The molecule has 0 saturated carbocycles. The minimum atomic E-state index is -0.538. The van der Waals surface area contributed by atoms with Gasteiger partial charge in [0, 0.05) is 12.1 Å². The summed E-state index contributed by atoms with van der Waals surface area (Å²) in [6, 6.07) is 21.1. The summed E-state index contributed by atoms with van der Waals surface area (Å²) in [5.74, 6) is 1.60. The number of rotatable bonds is 7. The first-order valence-corrected chi connectivity index (χ1v) is 8.44. The highest BCUT2D eigenvalue weighted by atomic mass is 16.3. The Bertz CT molecular complexity index is 778. The van der Waals surface area contributed by atoms with Crippen molar-refractivity contribution < 1.29 is 14.6 Å². The van der Waals surface area contributed by atoms with Gasteiger partial charge in [0.25, 0.3) is 0 Å². The molecule has 3 aromatic rings. The average Bonchev–Trinajstić information content (AvgIpc) is 3.11. The van der Waals surface area contributed by atoms with E-state index in [4.69, 9.17) is 4.42 Å². The zero-order valence-corrected chi connectivity index (χ0v) is 14.2. The van der Waals surface area contributed by atoms with E-state index in [1.807, 2.05) is 66.7 Å². The molecule has 0 aliphatic carbocycles. The third-order valence-electron chi connectivity index (χ3n) is 4.16. The van der Waals surface area contributed by atoms with Crippen LogP contribution < -0.4 is 5.32 Å². The van der Waals surface area contributed by atoms with Gasteiger partial charge in [0.2, 0.25) is 0 Å². The summed E-state index contributed by atoms with van der Waals surface area (Å²) in [5.41, 5.74) is 2.75. The molecule has 3 rings (SSSR count). The molecule has 25 heavy (non-hydrogen) atoms. The van der Waals surface area contributed by atoms with Crippen molar-refractivity contribution in [1.29, 1.82) is 0 Å². The third-order valence-corrected chi connectivity index (χ3v) is 4.16. The van der Waals surface area contributed by atoms with Gasteiger partial charge < -0.3 is 19.9 Å². The van der Waals surface area contributed by atoms with Crippen LogP contribution in [0.3, 0.4) is 0 Å². The van der Waals surface area contributed by atoms with Crippen molar-refractivity contribution in [3.05, 3.63) is 83.6 Å². The van der Waals surface area contributed by atoms with Gasteiger partial charge in [-0.25, -0.2) is 0 Å². The monoisotopic (exact) mass is 337 g/mol. The second kappa shape index (κ2) is 8.12. The Balaban J connectivity index is 1.55. The van der Waals surface area contributed by atoms with E-state index in [1.54, 1.807) is 6.92 Å². The Labute approximate surface area is 147 Å². The lowest BCUT2D eigenvalue weighted by molar-refractivity contribution is 0.173. The molecule has 3 N–H and O–H groups in total. The maximum absolute atomic E-state index is 10.1. The van der Waals surface area contributed by atoms with E-state index >= 15 is 0 Å². The Morgan fingerprint density at radius 1 is 0.880 bits per heavy atom. The smallest absolute Gasteiger partial charge is 0.134 e. The van der Waals surface area contributed by atoms with Crippen LogP contribution in [0.4, 0.5) is 0 Å². The van der Waals surface area contributed by atoms with Gasteiger partial charge in [-0.2, -0.15) is 0 Å². The molecule has 0 bridgehead atoms. The molecule has 0 unspecified atom stereocenters. The van der Waals surface area contributed by atoms with Gasteiger partial charge in [0.1, 0.15) is 11.5 Å². The Morgan fingerprint density at radius 3 is 2.28 bits per heavy atom. The minimum Gasteiger partial charge on any atom is -0.460 e. The van der Waals surface area contributed by atoms with Crippen LogP contribution in [0.15, 0.2) is 71.1 Å². The summed E-state index contributed by atoms with van der Waals surface area (Å²) < 4.78 is 5.85. The van der Waals surface area contributed by atoms with E-state index in [2.05, 4.69) is 5.32 Å². The molecule has 1 aromatic heterocycles. The number of nitrogens with one attached hydrogen (secondary N) is 1. The molecule has 0 aliphatic heterocycles. The van der Waals surface area contributed by atoms with Gasteiger partial charge >= 0.3 is 0 Å². The van der Waals surface area contributed by atoms with E-state index in [0.29, 0.717) is 13.1 Å². The predicted octanol–water partition coefficient (Wildman–Crippen LogP) is 3.82. The molecule has 2 aromatic carbocycles. The number of aliphatic hydroxyl groups is 2. The van der Waals surface area contributed by atoms with Crippen LogP contribution in [-0.2, 0) is 6.54 Å². The number of aliphatic hydroxyl groups excluding tert-OH is 2. The van der Waals surface area contributed by atoms with Crippen molar-refractivity contribution in [2.45, 2.75) is 25.7 Å². The maximum Gasteiger partial charge on any atom is 0.134 e. The number of benzene rings is 2. The first-order valence-electron chi connectivity index (χ1n) is 8.44. The average molecular weight is 337 g/mol. The van der Waals surface area contributed by atoms with Crippen LogP contribution >= 0.6 is 0 Å². The summed E-state index contributed by atoms with van der Waals surface area (Å²) in [5, 5.41) is 22.9. The lowest BCUT2D eigenvalue weighted by atomic mass is 10.1. The zero-order chi connectivity index (χ0) is 17.6. The van der Waals surface area contributed by atoms with E-state index in [9.17, 15) is 10.2 Å². The molecule has 0 saturated heterocycles. The quantitative estimate of drug-likeness (QED) is 0.613. The molecule has 4 heteroatoms. The van der Waals surface area contributed by atoms with Crippen molar-refractivity contribution in [1.82, 2.24) is 5.32 Å². The largest absolute Gasteiger partial charge is 0.460 e. The topological polar surface area (TPSA) is 65.6 Å². The summed E-state index contributed by atoms with van der Waals surface area (Å²) in [4.78, 5) is 0. The highest BCUT2D eigenvalue weighted by Crippen LogP contribution is 2.24. The van der Waals surface area contributed by atoms with E-state index in [-0.39, 0.29) is 0 Å². The second-order valence-corrected chi connectivity index (χ2v) is 6.12. The predicted molar refractivity (Wildman–Crippen MR) is 97.9 cm³/mol. The fourth-order valence-corrected chi connectivity index (χ4v) is 2.68. The van der Waals surface area contributed by atoms with Crippen molar-refractivity contribution >= 4 is 0 Å². The van der Waals surface area contributed by atoms with Gasteiger partial charge in [-0.15, -0.1) is 0 Å². The molecule has 0 radical (unpaired) electrons.